The van der Waals surface area contributed by atoms with E-state index in [-0.39, 0.29) is 29.3 Å². The Hall–Kier alpha value is -0.910. The van der Waals surface area contributed by atoms with E-state index in [1.807, 2.05) is 6.92 Å². The van der Waals surface area contributed by atoms with Crippen LogP contribution in [0.2, 0.25) is 0 Å². The van der Waals surface area contributed by atoms with E-state index in [1.165, 1.54) is 0 Å². The maximum Gasteiger partial charge on any atom is 0.334 e. The average Bonchev–Trinajstić information content (AvgIpc) is 2.64. The molecule has 0 radical (unpaired) electrons. The number of carbonyl (C=O) groups excluding carboxylic acids is 1. The molecule has 1 N–H and O–H groups in total. The number of ether oxygens (including phenoxy) is 3. The second kappa shape index (κ2) is 5.62. The summed E-state index contributed by atoms with van der Waals surface area (Å²) >= 11 is 0. The topological polar surface area (TPSA) is 65.0 Å². The Kier molecular flexibility index (Phi) is 4.08. The van der Waals surface area contributed by atoms with Gasteiger partial charge >= 0.3 is 5.97 Å². The number of esters is 1. The largest absolute Gasteiger partial charge is 0.458 e. The minimum absolute atomic E-state index is 0.0201. The van der Waals surface area contributed by atoms with Crippen molar-refractivity contribution in [3.63, 3.8) is 0 Å². The van der Waals surface area contributed by atoms with Gasteiger partial charge in [-0.25, -0.2) is 4.79 Å². The summed E-state index contributed by atoms with van der Waals surface area (Å²) in [4.78, 5) is 11.9. The summed E-state index contributed by atoms with van der Waals surface area (Å²) in [6, 6.07) is 0. The molecule has 3 fully saturated rings. The minimum Gasteiger partial charge on any atom is -0.458 e. The standard InChI is InChI=1S/C17H26O5/c1-5-20-16-17(4)8-11-10(3)15(19)21-13(11)6-9(2)12(17)7-14(18)22-16/h9,11-14,16,18H,3,5-8H2,1-2,4H3/t9-,11-,12-,13+,14+,16-,17+/m0/s1. The lowest BCUT2D eigenvalue weighted by Crippen LogP contribution is -2.52. The van der Waals surface area contributed by atoms with Crippen molar-refractivity contribution in [2.24, 2.45) is 23.2 Å². The monoisotopic (exact) mass is 310 g/mol. The van der Waals surface area contributed by atoms with Gasteiger partial charge in [0.05, 0.1) is 0 Å². The van der Waals surface area contributed by atoms with Crippen molar-refractivity contribution in [2.45, 2.75) is 58.7 Å². The van der Waals surface area contributed by atoms with Crippen LogP contribution in [0.5, 0.6) is 0 Å². The van der Waals surface area contributed by atoms with Crippen LogP contribution in [0.4, 0.5) is 0 Å². The Morgan fingerprint density at radius 2 is 2.18 bits per heavy atom. The molecule has 0 unspecified atom stereocenters. The first-order valence-electron chi connectivity index (χ1n) is 8.21. The minimum atomic E-state index is -0.791. The molecule has 0 bridgehead atoms. The van der Waals surface area contributed by atoms with Gasteiger partial charge in [-0.05, 0) is 31.6 Å². The van der Waals surface area contributed by atoms with Gasteiger partial charge < -0.3 is 19.3 Å². The fourth-order valence-corrected chi connectivity index (χ4v) is 4.67. The van der Waals surface area contributed by atoms with Gasteiger partial charge in [0.15, 0.2) is 12.6 Å². The predicted octanol–water partition coefficient (Wildman–Crippen LogP) is 2.24. The molecule has 124 valence electrons. The number of carbonyl (C=O) groups is 1. The smallest absolute Gasteiger partial charge is 0.334 e. The first-order valence-corrected chi connectivity index (χ1v) is 8.21. The normalized spacial score (nSPS) is 48.4. The average molecular weight is 310 g/mol. The van der Waals surface area contributed by atoms with Gasteiger partial charge in [0.25, 0.3) is 0 Å². The molecule has 7 atom stereocenters. The number of aliphatic hydroxyl groups is 1. The molecule has 5 nitrogen and oxygen atoms in total. The van der Waals surface area contributed by atoms with Crippen LogP contribution >= 0.6 is 0 Å². The van der Waals surface area contributed by atoms with Crippen LogP contribution in [0, 0.1) is 23.2 Å². The van der Waals surface area contributed by atoms with Crippen molar-refractivity contribution in [3.8, 4) is 0 Å². The van der Waals surface area contributed by atoms with Crippen molar-refractivity contribution in [1.29, 1.82) is 0 Å². The molecular weight excluding hydrogens is 284 g/mol. The highest BCUT2D eigenvalue weighted by molar-refractivity contribution is 5.90. The predicted molar refractivity (Wildman–Crippen MR) is 79.6 cm³/mol. The lowest BCUT2D eigenvalue weighted by molar-refractivity contribution is -0.318. The second-order valence-corrected chi connectivity index (χ2v) is 7.22. The van der Waals surface area contributed by atoms with E-state index in [0.717, 1.165) is 12.8 Å². The third-order valence-corrected chi connectivity index (χ3v) is 5.81. The van der Waals surface area contributed by atoms with E-state index in [1.54, 1.807) is 0 Å². The molecule has 3 aliphatic rings. The zero-order chi connectivity index (χ0) is 16.1. The first-order chi connectivity index (χ1) is 10.4. The molecule has 0 spiro atoms. The summed E-state index contributed by atoms with van der Waals surface area (Å²) in [5.41, 5.74) is 0.311. The molecular formula is C17H26O5. The molecule has 2 heterocycles. The number of aliphatic hydroxyl groups excluding tert-OH is 1. The Balaban J connectivity index is 1.95. The maximum absolute atomic E-state index is 11.9. The highest BCUT2D eigenvalue weighted by atomic mass is 16.7. The Labute approximate surface area is 131 Å². The Bertz CT molecular complexity index is 476. The summed E-state index contributed by atoms with van der Waals surface area (Å²) in [6.07, 6.45) is 0.797. The fourth-order valence-electron chi connectivity index (χ4n) is 4.67. The zero-order valence-corrected chi connectivity index (χ0v) is 13.6. The SMILES string of the molecule is C=C1C(=O)O[C@@H]2C[C@H](C)[C@@H]3C[C@H](O)O[C@H](OCC)[C@]3(C)C[C@@H]12. The molecule has 3 rings (SSSR count). The lowest BCUT2D eigenvalue weighted by Gasteiger charge is -2.49. The third-order valence-electron chi connectivity index (χ3n) is 5.81. The van der Waals surface area contributed by atoms with Crippen molar-refractivity contribution in [3.05, 3.63) is 12.2 Å². The fraction of sp³-hybridized carbons (Fsp3) is 0.824. The van der Waals surface area contributed by atoms with Gasteiger partial charge in [-0.2, -0.15) is 0 Å². The number of fused-ring (bicyclic) bond motifs is 2. The molecule has 0 aromatic rings. The van der Waals surface area contributed by atoms with Crippen molar-refractivity contribution >= 4 is 5.97 Å². The Morgan fingerprint density at radius 1 is 1.45 bits per heavy atom. The van der Waals surface area contributed by atoms with Crippen LogP contribution in [0.25, 0.3) is 0 Å². The summed E-state index contributed by atoms with van der Waals surface area (Å²) < 4.78 is 17.0. The Morgan fingerprint density at radius 3 is 2.86 bits per heavy atom. The van der Waals surface area contributed by atoms with E-state index in [4.69, 9.17) is 14.2 Å². The molecule has 1 saturated carbocycles. The van der Waals surface area contributed by atoms with Crippen LogP contribution < -0.4 is 0 Å². The van der Waals surface area contributed by atoms with E-state index >= 15 is 0 Å². The van der Waals surface area contributed by atoms with Crippen LogP contribution in [0.15, 0.2) is 12.2 Å². The molecule has 2 aliphatic heterocycles. The van der Waals surface area contributed by atoms with Gasteiger partial charge in [-0.3, -0.25) is 0 Å². The van der Waals surface area contributed by atoms with E-state index in [2.05, 4.69) is 20.4 Å². The van der Waals surface area contributed by atoms with Gasteiger partial charge in [-0.15, -0.1) is 0 Å². The molecule has 1 aliphatic carbocycles. The van der Waals surface area contributed by atoms with E-state index in [0.29, 0.717) is 24.5 Å². The molecule has 0 amide bonds. The van der Waals surface area contributed by atoms with Gasteiger partial charge in [-0.1, -0.05) is 20.4 Å². The van der Waals surface area contributed by atoms with E-state index in [9.17, 15) is 9.90 Å². The molecule has 5 heteroatoms. The molecule has 0 aromatic heterocycles. The van der Waals surface area contributed by atoms with Crippen molar-refractivity contribution in [2.75, 3.05) is 6.61 Å². The van der Waals surface area contributed by atoms with Crippen LogP contribution in [-0.2, 0) is 19.0 Å². The molecule has 2 saturated heterocycles. The van der Waals surface area contributed by atoms with Gasteiger partial charge in [0.2, 0.25) is 0 Å². The molecule has 22 heavy (non-hydrogen) atoms. The van der Waals surface area contributed by atoms with Gasteiger partial charge in [0.1, 0.15) is 6.10 Å². The van der Waals surface area contributed by atoms with Crippen LogP contribution in [0.3, 0.4) is 0 Å². The van der Waals surface area contributed by atoms with Crippen LogP contribution in [-0.4, -0.2) is 36.4 Å². The summed E-state index contributed by atoms with van der Waals surface area (Å²) in [6.45, 7) is 10.7. The number of hydrogen-bond donors (Lipinski definition) is 1. The van der Waals surface area contributed by atoms with Crippen molar-refractivity contribution in [1.82, 2.24) is 0 Å². The molecule has 0 aromatic carbocycles. The van der Waals surface area contributed by atoms with Gasteiger partial charge in [0, 0.05) is 29.9 Å². The van der Waals surface area contributed by atoms with E-state index < -0.39 is 12.6 Å². The highest BCUT2D eigenvalue weighted by Crippen LogP contribution is 2.55. The highest BCUT2D eigenvalue weighted by Gasteiger charge is 2.56. The summed E-state index contributed by atoms with van der Waals surface area (Å²) in [5.74, 6) is 0.339. The maximum atomic E-state index is 11.9. The first kappa shape index (κ1) is 16.0. The quantitative estimate of drug-likeness (QED) is 0.626. The summed E-state index contributed by atoms with van der Waals surface area (Å²) in [5, 5.41) is 10.1. The number of hydrogen-bond acceptors (Lipinski definition) is 5. The van der Waals surface area contributed by atoms with Crippen molar-refractivity contribution < 1.29 is 24.1 Å². The zero-order valence-electron chi connectivity index (χ0n) is 13.6. The number of rotatable bonds is 2. The lowest BCUT2D eigenvalue weighted by atomic mass is 9.65. The second-order valence-electron chi connectivity index (χ2n) is 7.22. The summed E-state index contributed by atoms with van der Waals surface area (Å²) in [7, 11) is 0. The third kappa shape index (κ3) is 2.39. The van der Waals surface area contributed by atoms with Crippen LogP contribution in [0.1, 0.15) is 40.0 Å².